The highest BCUT2D eigenvalue weighted by molar-refractivity contribution is 5.07. The van der Waals surface area contributed by atoms with Crippen LogP contribution >= 0.6 is 0 Å². The summed E-state index contributed by atoms with van der Waals surface area (Å²) >= 11 is 0. The molecule has 1 aromatic heterocycles. The average Bonchev–Trinajstić information content (AvgIpc) is 2.79. The Labute approximate surface area is 104 Å². The number of rotatable bonds is 4. The normalized spacial score (nSPS) is 26.3. The Bertz CT molecular complexity index is 348. The zero-order valence-corrected chi connectivity index (χ0v) is 11.0. The molecule has 0 bridgehead atoms. The third kappa shape index (κ3) is 3.11. The Hall–Kier alpha value is -0.800. The molecular weight excluding hydrogens is 212 g/mol. The van der Waals surface area contributed by atoms with E-state index >= 15 is 0 Å². The zero-order valence-electron chi connectivity index (χ0n) is 11.0. The molecule has 1 fully saturated rings. The standard InChI is InChI=1S/C14H24N2O/c1-3-13-4-5-14(17-13)10-16-7-6-11(2)8-12(16)9-15/h4-5,11-12H,3,6-10,15H2,1-2H3. The van der Waals surface area contributed by atoms with E-state index in [1.54, 1.807) is 0 Å². The molecule has 0 amide bonds. The summed E-state index contributed by atoms with van der Waals surface area (Å²) < 4.78 is 5.77. The maximum atomic E-state index is 5.87. The molecule has 17 heavy (non-hydrogen) atoms. The van der Waals surface area contributed by atoms with E-state index in [9.17, 15) is 0 Å². The number of hydrogen-bond acceptors (Lipinski definition) is 3. The van der Waals surface area contributed by atoms with Crippen LogP contribution in [0.3, 0.4) is 0 Å². The zero-order chi connectivity index (χ0) is 12.3. The van der Waals surface area contributed by atoms with Crippen LogP contribution in [0.4, 0.5) is 0 Å². The van der Waals surface area contributed by atoms with Crippen molar-refractivity contribution in [3.8, 4) is 0 Å². The van der Waals surface area contributed by atoms with Gasteiger partial charge in [0.25, 0.3) is 0 Å². The molecule has 1 saturated heterocycles. The Morgan fingerprint density at radius 1 is 1.41 bits per heavy atom. The highest BCUT2D eigenvalue weighted by atomic mass is 16.3. The first-order valence-corrected chi connectivity index (χ1v) is 6.74. The van der Waals surface area contributed by atoms with Crippen molar-refractivity contribution < 1.29 is 4.42 Å². The molecule has 0 aromatic carbocycles. The van der Waals surface area contributed by atoms with Gasteiger partial charge in [-0.2, -0.15) is 0 Å². The van der Waals surface area contributed by atoms with Crippen LogP contribution in [0.5, 0.6) is 0 Å². The SMILES string of the molecule is CCc1ccc(CN2CCC(C)CC2CN)o1. The molecule has 3 nitrogen and oxygen atoms in total. The van der Waals surface area contributed by atoms with Crippen LogP contribution in [0, 0.1) is 5.92 Å². The highest BCUT2D eigenvalue weighted by Crippen LogP contribution is 2.24. The van der Waals surface area contributed by atoms with E-state index in [0.29, 0.717) is 6.04 Å². The van der Waals surface area contributed by atoms with Gasteiger partial charge in [-0.15, -0.1) is 0 Å². The van der Waals surface area contributed by atoms with Crippen LogP contribution in [-0.2, 0) is 13.0 Å². The summed E-state index contributed by atoms with van der Waals surface area (Å²) in [4.78, 5) is 2.47. The maximum absolute atomic E-state index is 5.87. The van der Waals surface area contributed by atoms with Gasteiger partial charge in [0.15, 0.2) is 0 Å². The monoisotopic (exact) mass is 236 g/mol. The van der Waals surface area contributed by atoms with Crippen molar-refractivity contribution in [2.24, 2.45) is 11.7 Å². The first-order valence-electron chi connectivity index (χ1n) is 6.74. The number of aryl methyl sites for hydroxylation is 1. The van der Waals surface area contributed by atoms with Crippen LogP contribution in [0.25, 0.3) is 0 Å². The Morgan fingerprint density at radius 3 is 2.82 bits per heavy atom. The second-order valence-electron chi connectivity index (χ2n) is 5.21. The highest BCUT2D eigenvalue weighted by Gasteiger charge is 2.25. The number of nitrogens with two attached hydrogens (primary N) is 1. The molecule has 96 valence electrons. The van der Waals surface area contributed by atoms with Gasteiger partial charge in [-0.3, -0.25) is 4.90 Å². The largest absolute Gasteiger partial charge is 0.465 e. The fourth-order valence-corrected chi connectivity index (χ4v) is 2.65. The van der Waals surface area contributed by atoms with Crippen LogP contribution in [0.15, 0.2) is 16.5 Å². The van der Waals surface area contributed by atoms with Crippen molar-refractivity contribution in [2.75, 3.05) is 13.1 Å². The lowest BCUT2D eigenvalue weighted by atomic mass is 9.92. The van der Waals surface area contributed by atoms with Crippen LogP contribution in [-0.4, -0.2) is 24.0 Å². The van der Waals surface area contributed by atoms with Crippen molar-refractivity contribution in [3.63, 3.8) is 0 Å². The van der Waals surface area contributed by atoms with Gasteiger partial charge in [0.2, 0.25) is 0 Å². The lowest BCUT2D eigenvalue weighted by Crippen LogP contribution is -2.45. The van der Waals surface area contributed by atoms with Gasteiger partial charge in [-0.25, -0.2) is 0 Å². The van der Waals surface area contributed by atoms with Gasteiger partial charge < -0.3 is 10.2 Å². The molecule has 0 saturated carbocycles. The predicted molar refractivity (Wildman–Crippen MR) is 69.7 cm³/mol. The molecule has 1 aromatic rings. The molecule has 3 heteroatoms. The fraction of sp³-hybridized carbons (Fsp3) is 0.714. The predicted octanol–water partition coefficient (Wildman–Crippen LogP) is 2.40. The smallest absolute Gasteiger partial charge is 0.118 e. The van der Waals surface area contributed by atoms with Crippen LogP contribution in [0.2, 0.25) is 0 Å². The van der Waals surface area contributed by atoms with E-state index in [-0.39, 0.29) is 0 Å². The van der Waals surface area contributed by atoms with Crippen LogP contribution in [0.1, 0.15) is 38.2 Å². The molecule has 0 aliphatic carbocycles. The minimum atomic E-state index is 0.522. The lowest BCUT2D eigenvalue weighted by molar-refractivity contribution is 0.106. The van der Waals surface area contributed by atoms with Gasteiger partial charge in [-0.1, -0.05) is 13.8 Å². The number of likely N-dealkylation sites (tertiary alicyclic amines) is 1. The number of nitrogens with zero attached hydrogens (tertiary/aromatic N) is 1. The van der Waals surface area contributed by atoms with Gasteiger partial charge in [0, 0.05) is 19.0 Å². The van der Waals surface area contributed by atoms with Crippen LogP contribution < -0.4 is 5.73 Å². The fourth-order valence-electron chi connectivity index (χ4n) is 2.65. The number of hydrogen-bond donors (Lipinski definition) is 1. The van der Waals surface area contributed by atoms with E-state index in [0.717, 1.165) is 43.5 Å². The van der Waals surface area contributed by atoms with E-state index in [1.165, 1.54) is 12.8 Å². The molecule has 2 rings (SSSR count). The summed E-state index contributed by atoms with van der Waals surface area (Å²) in [5, 5.41) is 0. The third-order valence-electron chi connectivity index (χ3n) is 3.80. The third-order valence-corrected chi connectivity index (χ3v) is 3.80. The van der Waals surface area contributed by atoms with Gasteiger partial charge in [0.05, 0.1) is 6.54 Å². The van der Waals surface area contributed by atoms with E-state index in [4.69, 9.17) is 10.2 Å². The lowest BCUT2D eigenvalue weighted by Gasteiger charge is -2.37. The van der Waals surface area contributed by atoms with E-state index < -0.39 is 0 Å². The summed E-state index contributed by atoms with van der Waals surface area (Å²) in [6.07, 6.45) is 3.47. The number of furan rings is 1. The molecule has 2 N–H and O–H groups in total. The molecule has 2 atom stereocenters. The van der Waals surface area contributed by atoms with Crippen molar-refractivity contribution in [3.05, 3.63) is 23.7 Å². The Kier molecular flexibility index (Phi) is 4.24. The summed E-state index contributed by atoms with van der Waals surface area (Å²) in [7, 11) is 0. The molecular formula is C14H24N2O. The topological polar surface area (TPSA) is 42.4 Å². The first-order chi connectivity index (χ1) is 8.22. The Morgan fingerprint density at radius 2 is 2.18 bits per heavy atom. The molecule has 0 spiro atoms. The van der Waals surface area contributed by atoms with Crippen molar-refractivity contribution in [1.82, 2.24) is 4.90 Å². The van der Waals surface area contributed by atoms with Gasteiger partial charge in [0.1, 0.15) is 11.5 Å². The minimum Gasteiger partial charge on any atom is -0.465 e. The summed E-state index contributed by atoms with van der Waals surface area (Å²) in [5.41, 5.74) is 5.87. The molecule has 1 aliphatic heterocycles. The summed E-state index contributed by atoms with van der Waals surface area (Å²) in [6, 6.07) is 4.71. The van der Waals surface area contributed by atoms with Crippen molar-refractivity contribution in [2.45, 2.75) is 45.7 Å². The molecule has 1 aliphatic rings. The molecule has 2 unspecified atom stereocenters. The van der Waals surface area contributed by atoms with Crippen molar-refractivity contribution >= 4 is 0 Å². The molecule has 0 radical (unpaired) electrons. The quantitative estimate of drug-likeness (QED) is 0.873. The molecule has 2 heterocycles. The number of piperidine rings is 1. The Balaban J connectivity index is 1.97. The van der Waals surface area contributed by atoms with E-state index in [2.05, 4.69) is 30.9 Å². The summed E-state index contributed by atoms with van der Waals surface area (Å²) in [5.74, 6) is 2.96. The van der Waals surface area contributed by atoms with Crippen molar-refractivity contribution in [1.29, 1.82) is 0 Å². The summed E-state index contributed by atoms with van der Waals surface area (Å²) in [6.45, 7) is 7.25. The average molecular weight is 236 g/mol. The first kappa shape index (κ1) is 12.7. The van der Waals surface area contributed by atoms with Gasteiger partial charge in [-0.05, 0) is 37.4 Å². The second-order valence-corrected chi connectivity index (χ2v) is 5.21. The second kappa shape index (κ2) is 5.69. The van der Waals surface area contributed by atoms with E-state index in [1.807, 2.05) is 0 Å². The maximum Gasteiger partial charge on any atom is 0.118 e. The van der Waals surface area contributed by atoms with Gasteiger partial charge >= 0.3 is 0 Å². The minimum absolute atomic E-state index is 0.522.